The Labute approximate surface area is 219 Å². The van der Waals surface area contributed by atoms with Gasteiger partial charge in [0.1, 0.15) is 22.3 Å². The van der Waals surface area contributed by atoms with E-state index in [1.54, 1.807) is 0 Å². The van der Waals surface area contributed by atoms with Gasteiger partial charge in [-0.15, -0.1) is 0 Å². The minimum atomic E-state index is 0.839. The standard InChI is InChI=1S/C36H22O2/c1-2-9-23(10-3-1)24-11-6-12-25(19-24)26-13-7-14-27(20-26)28-16-8-17-30-32-21-31-29-15-4-5-18-33(29)37-34(31)22-35(32)38-36(28)30/h1-22H. The average Bonchev–Trinajstić information content (AvgIpc) is 3.54. The van der Waals surface area contributed by atoms with Crippen LogP contribution in [0.2, 0.25) is 0 Å². The zero-order chi connectivity index (χ0) is 25.1. The number of furan rings is 2. The fourth-order valence-electron chi connectivity index (χ4n) is 5.62. The fourth-order valence-corrected chi connectivity index (χ4v) is 5.62. The quantitative estimate of drug-likeness (QED) is 0.248. The highest BCUT2D eigenvalue weighted by atomic mass is 16.3. The van der Waals surface area contributed by atoms with Gasteiger partial charge >= 0.3 is 0 Å². The molecule has 0 aliphatic rings. The molecule has 0 spiro atoms. The van der Waals surface area contributed by atoms with Crippen molar-refractivity contribution in [1.29, 1.82) is 0 Å². The summed E-state index contributed by atoms with van der Waals surface area (Å²) in [5, 5.41) is 4.45. The van der Waals surface area contributed by atoms with Crippen LogP contribution >= 0.6 is 0 Å². The van der Waals surface area contributed by atoms with Crippen molar-refractivity contribution in [1.82, 2.24) is 0 Å². The molecule has 0 unspecified atom stereocenters. The summed E-state index contributed by atoms with van der Waals surface area (Å²) in [6, 6.07) is 46.8. The molecule has 0 aliphatic carbocycles. The fraction of sp³-hybridized carbons (Fsp3) is 0. The van der Waals surface area contributed by atoms with Gasteiger partial charge in [0.25, 0.3) is 0 Å². The van der Waals surface area contributed by atoms with Crippen LogP contribution in [0.1, 0.15) is 0 Å². The third-order valence-electron chi connectivity index (χ3n) is 7.47. The predicted molar refractivity (Wildman–Crippen MR) is 157 cm³/mol. The number of hydrogen-bond donors (Lipinski definition) is 0. The number of rotatable bonds is 3. The molecule has 0 saturated carbocycles. The zero-order valence-corrected chi connectivity index (χ0v) is 20.5. The van der Waals surface area contributed by atoms with E-state index in [9.17, 15) is 0 Å². The highest BCUT2D eigenvalue weighted by Gasteiger charge is 2.16. The first-order valence-electron chi connectivity index (χ1n) is 12.8. The first-order chi connectivity index (χ1) is 18.8. The Morgan fingerprint density at radius 3 is 1.74 bits per heavy atom. The Kier molecular flexibility index (Phi) is 4.55. The Morgan fingerprint density at radius 1 is 0.316 bits per heavy atom. The molecule has 8 rings (SSSR count). The van der Waals surface area contributed by atoms with Gasteiger partial charge in [-0.2, -0.15) is 0 Å². The van der Waals surface area contributed by atoms with Crippen LogP contribution < -0.4 is 0 Å². The lowest BCUT2D eigenvalue weighted by atomic mass is 9.95. The van der Waals surface area contributed by atoms with Crippen molar-refractivity contribution >= 4 is 43.9 Å². The van der Waals surface area contributed by atoms with Crippen LogP contribution in [0.15, 0.2) is 142 Å². The van der Waals surface area contributed by atoms with Crippen molar-refractivity contribution in [3.63, 3.8) is 0 Å². The molecule has 2 nitrogen and oxygen atoms in total. The van der Waals surface area contributed by atoms with Crippen LogP contribution in [0.3, 0.4) is 0 Å². The van der Waals surface area contributed by atoms with Gasteiger partial charge in [-0.25, -0.2) is 0 Å². The van der Waals surface area contributed by atoms with Crippen LogP contribution in [-0.2, 0) is 0 Å². The van der Waals surface area contributed by atoms with Gasteiger partial charge < -0.3 is 8.83 Å². The molecule has 0 radical (unpaired) electrons. The molecule has 0 fully saturated rings. The third kappa shape index (κ3) is 3.28. The molecule has 38 heavy (non-hydrogen) atoms. The van der Waals surface area contributed by atoms with Gasteiger partial charge in [-0.1, -0.05) is 103 Å². The summed E-state index contributed by atoms with van der Waals surface area (Å²) in [7, 11) is 0. The first kappa shape index (κ1) is 21.0. The SMILES string of the molecule is c1ccc(-c2cccc(-c3cccc(-c4cccc5c4oc4cc6oc7ccccc7c6cc45)c3)c2)cc1. The molecular weight excluding hydrogens is 464 g/mol. The summed E-state index contributed by atoms with van der Waals surface area (Å²) in [6.07, 6.45) is 0. The second-order valence-electron chi connectivity index (χ2n) is 9.75. The largest absolute Gasteiger partial charge is 0.456 e. The Morgan fingerprint density at radius 2 is 0.895 bits per heavy atom. The highest BCUT2D eigenvalue weighted by Crippen LogP contribution is 2.40. The number of para-hydroxylation sites is 2. The van der Waals surface area contributed by atoms with Gasteiger partial charge in [-0.3, -0.25) is 0 Å². The summed E-state index contributed by atoms with van der Waals surface area (Å²) in [4.78, 5) is 0. The van der Waals surface area contributed by atoms with Crippen molar-refractivity contribution in [2.24, 2.45) is 0 Å². The zero-order valence-electron chi connectivity index (χ0n) is 20.5. The topological polar surface area (TPSA) is 26.3 Å². The van der Waals surface area contributed by atoms with Crippen LogP contribution in [-0.4, -0.2) is 0 Å². The second-order valence-corrected chi connectivity index (χ2v) is 9.75. The van der Waals surface area contributed by atoms with E-state index >= 15 is 0 Å². The van der Waals surface area contributed by atoms with Crippen molar-refractivity contribution < 1.29 is 8.83 Å². The van der Waals surface area contributed by atoms with E-state index in [-0.39, 0.29) is 0 Å². The first-order valence-corrected chi connectivity index (χ1v) is 12.8. The summed E-state index contributed by atoms with van der Waals surface area (Å²) < 4.78 is 12.6. The maximum absolute atomic E-state index is 6.50. The molecule has 0 saturated heterocycles. The molecule has 0 amide bonds. The molecule has 0 bridgehead atoms. The molecule has 6 aromatic carbocycles. The second kappa shape index (κ2) is 8.22. The minimum absolute atomic E-state index is 0.839. The maximum atomic E-state index is 6.50. The van der Waals surface area contributed by atoms with E-state index in [2.05, 4.69) is 115 Å². The molecule has 178 valence electrons. The number of fused-ring (bicyclic) bond motifs is 6. The maximum Gasteiger partial charge on any atom is 0.143 e. The average molecular weight is 487 g/mol. The van der Waals surface area contributed by atoms with Crippen molar-refractivity contribution in [3.05, 3.63) is 133 Å². The lowest BCUT2D eigenvalue weighted by Crippen LogP contribution is -1.84. The lowest BCUT2D eigenvalue weighted by molar-refractivity contribution is 0.656. The van der Waals surface area contributed by atoms with E-state index in [1.807, 2.05) is 18.2 Å². The van der Waals surface area contributed by atoms with E-state index in [0.29, 0.717) is 0 Å². The predicted octanol–water partition coefficient (Wildman–Crippen LogP) is 10.5. The van der Waals surface area contributed by atoms with Gasteiger partial charge in [-0.05, 0) is 52.1 Å². The molecule has 0 N–H and O–H groups in total. The lowest BCUT2D eigenvalue weighted by Gasteiger charge is -2.09. The Balaban J connectivity index is 1.27. The monoisotopic (exact) mass is 486 g/mol. The Bertz CT molecular complexity index is 2130. The third-order valence-corrected chi connectivity index (χ3v) is 7.47. The molecule has 8 aromatic rings. The van der Waals surface area contributed by atoms with Crippen molar-refractivity contribution in [2.45, 2.75) is 0 Å². The van der Waals surface area contributed by atoms with Crippen molar-refractivity contribution in [2.75, 3.05) is 0 Å². The van der Waals surface area contributed by atoms with Crippen LogP contribution in [0.4, 0.5) is 0 Å². The van der Waals surface area contributed by atoms with E-state index in [0.717, 1.165) is 55.0 Å². The van der Waals surface area contributed by atoms with Gasteiger partial charge in [0, 0.05) is 33.2 Å². The molecule has 2 aromatic heterocycles. The highest BCUT2D eigenvalue weighted by molar-refractivity contribution is 6.16. The number of hydrogen-bond acceptors (Lipinski definition) is 2. The Hall–Kier alpha value is -5.08. The van der Waals surface area contributed by atoms with Crippen LogP contribution in [0, 0.1) is 0 Å². The van der Waals surface area contributed by atoms with Crippen LogP contribution in [0.25, 0.3) is 77.3 Å². The number of benzene rings is 6. The normalized spacial score (nSPS) is 11.7. The van der Waals surface area contributed by atoms with Gasteiger partial charge in [0.15, 0.2) is 0 Å². The van der Waals surface area contributed by atoms with Gasteiger partial charge in [0.2, 0.25) is 0 Å². The van der Waals surface area contributed by atoms with Crippen LogP contribution in [0.5, 0.6) is 0 Å². The molecule has 0 aliphatic heterocycles. The molecular formula is C36H22O2. The summed E-state index contributed by atoms with van der Waals surface area (Å²) >= 11 is 0. The summed E-state index contributed by atoms with van der Waals surface area (Å²) in [5.74, 6) is 0. The van der Waals surface area contributed by atoms with E-state index in [4.69, 9.17) is 8.83 Å². The summed E-state index contributed by atoms with van der Waals surface area (Å²) in [6.45, 7) is 0. The smallest absolute Gasteiger partial charge is 0.143 e. The summed E-state index contributed by atoms with van der Waals surface area (Å²) in [5.41, 5.74) is 10.5. The van der Waals surface area contributed by atoms with Gasteiger partial charge in [0.05, 0.1) is 0 Å². The molecule has 0 atom stereocenters. The minimum Gasteiger partial charge on any atom is -0.456 e. The van der Waals surface area contributed by atoms with Crippen molar-refractivity contribution in [3.8, 4) is 33.4 Å². The van der Waals surface area contributed by atoms with E-state index in [1.165, 1.54) is 22.3 Å². The molecule has 2 heteroatoms. The van der Waals surface area contributed by atoms with E-state index < -0.39 is 0 Å². The molecule has 2 heterocycles.